The number of hydrogen-bond donors (Lipinski definition) is 2. The minimum atomic E-state index is -0.343. The number of hydrogen-bond acceptors (Lipinski definition) is 3. The van der Waals surface area contributed by atoms with Crippen LogP contribution in [0.4, 0.5) is 0 Å². The average molecular weight is 236 g/mol. The van der Waals surface area contributed by atoms with Crippen LogP contribution in [0, 0.1) is 0 Å². The summed E-state index contributed by atoms with van der Waals surface area (Å²) in [4.78, 5) is 11.6. The van der Waals surface area contributed by atoms with E-state index in [1.165, 1.54) is 0 Å². The van der Waals surface area contributed by atoms with Crippen LogP contribution >= 0.6 is 0 Å². The minimum absolute atomic E-state index is 0.0431. The van der Waals surface area contributed by atoms with Crippen molar-refractivity contribution >= 4 is 5.91 Å². The van der Waals surface area contributed by atoms with Gasteiger partial charge in [0.2, 0.25) is 5.91 Å². The highest BCUT2D eigenvalue weighted by atomic mass is 16.5. The van der Waals surface area contributed by atoms with Crippen molar-refractivity contribution in [1.82, 2.24) is 5.32 Å². The van der Waals surface area contributed by atoms with Crippen molar-refractivity contribution < 1.29 is 9.53 Å². The molecular weight excluding hydrogens is 216 g/mol. The number of nitrogens with two attached hydrogens (primary N) is 1. The van der Waals surface area contributed by atoms with Gasteiger partial charge >= 0.3 is 0 Å². The van der Waals surface area contributed by atoms with E-state index in [9.17, 15) is 4.79 Å². The molecule has 0 spiro atoms. The van der Waals surface area contributed by atoms with Gasteiger partial charge < -0.3 is 15.8 Å². The Kier molecular flexibility index (Phi) is 4.97. The number of nitrogens with one attached hydrogen (secondary N) is 1. The van der Waals surface area contributed by atoms with Crippen LogP contribution in [0.15, 0.2) is 24.3 Å². The summed E-state index contributed by atoms with van der Waals surface area (Å²) in [6, 6.07) is 7.28. The van der Waals surface area contributed by atoms with Gasteiger partial charge in [0.1, 0.15) is 5.75 Å². The summed E-state index contributed by atoms with van der Waals surface area (Å²) in [6.45, 7) is 3.85. The number of ether oxygens (including phenoxy) is 1. The zero-order valence-electron chi connectivity index (χ0n) is 10.6. The minimum Gasteiger partial charge on any atom is -0.496 e. The maximum atomic E-state index is 11.6. The molecule has 0 heterocycles. The molecule has 0 bridgehead atoms. The summed E-state index contributed by atoms with van der Waals surface area (Å²) in [5.41, 5.74) is 6.86. The molecule has 0 saturated carbocycles. The molecule has 0 aromatic heterocycles. The van der Waals surface area contributed by atoms with E-state index in [0.29, 0.717) is 0 Å². The molecule has 1 aromatic carbocycles. The molecule has 94 valence electrons. The first kappa shape index (κ1) is 13.5. The Balaban J connectivity index is 2.69. The molecule has 1 atom stereocenters. The first-order valence-corrected chi connectivity index (χ1v) is 5.72. The van der Waals surface area contributed by atoms with Crippen LogP contribution in [0.2, 0.25) is 0 Å². The van der Waals surface area contributed by atoms with Crippen LogP contribution in [0.5, 0.6) is 5.75 Å². The van der Waals surface area contributed by atoms with Gasteiger partial charge in [-0.25, -0.2) is 0 Å². The molecule has 1 aromatic rings. The molecule has 0 aliphatic heterocycles. The van der Waals surface area contributed by atoms with Crippen LogP contribution in [0.25, 0.3) is 0 Å². The number of amides is 1. The molecule has 0 radical (unpaired) electrons. The zero-order chi connectivity index (χ0) is 12.8. The van der Waals surface area contributed by atoms with Crippen LogP contribution in [0.3, 0.4) is 0 Å². The number of rotatable bonds is 5. The molecule has 4 heteroatoms. The summed E-state index contributed by atoms with van der Waals surface area (Å²) >= 11 is 0. The van der Waals surface area contributed by atoms with E-state index in [2.05, 4.69) is 5.32 Å². The molecule has 1 rings (SSSR count). The van der Waals surface area contributed by atoms with Gasteiger partial charge in [0, 0.05) is 24.1 Å². The molecule has 4 nitrogen and oxygen atoms in total. The summed E-state index contributed by atoms with van der Waals surface area (Å²) in [6.07, 6.45) is 0.262. The Hall–Kier alpha value is -1.55. The summed E-state index contributed by atoms with van der Waals surface area (Å²) in [5, 5.41) is 2.82. The van der Waals surface area contributed by atoms with Crippen molar-refractivity contribution in [1.29, 1.82) is 0 Å². The first-order chi connectivity index (χ1) is 8.04. The van der Waals surface area contributed by atoms with Crippen LogP contribution in [-0.2, 0) is 4.79 Å². The summed E-state index contributed by atoms with van der Waals surface area (Å²) < 4.78 is 5.22. The van der Waals surface area contributed by atoms with Gasteiger partial charge in [0.25, 0.3) is 0 Å². The van der Waals surface area contributed by atoms with Crippen molar-refractivity contribution in [2.45, 2.75) is 32.4 Å². The summed E-state index contributed by atoms with van der Waals surface area (Å²) in [5.74, 6) is 0.677. The predicted octanol–water partition coefficient (Wildman–Crippen LogP) is 1.61. The van der Waals surface area contributed by atoms with Crippen molar-refractivity contribution in [2.75, 3.05) is 7.11 Å². The van der Waals surface area contributed by atoms with Gasteiger partial charge in [-0.2, -0.15) is 0 Å². The summed E-state index contributed by atoms with van der Waals surface area (Å²) in [7, 11) is 1.60. The first-order valence-electron chi connectivity index (χ1n) is 5.72. The number of carbonyl (C=O) groups is 1. The maximum Gasteiger partial charge on any atom is 0.222 e. The molecule has 0 aliphatic carbocycles. The Labute approximate surface area is 102 Å². The lowest BCUT2D eigenvalue weighted by Crippen LogP contribution is -2.32. The van der Waals surface area contributed by atoms with Crippen molar-refractivity contribution in [3.63, 3.8) is 0 Å². The average Bonchev–Trinajstić information content (AvgIpc) is 2.27. The normalized spacial score (nSPS) is 12.3. The van der Waals surface area contributed by atoms with Gasteiger partial charge in [-0.1, -0.05) is 18.2 Å². The molecule has 0 saturated heterocycles. The lowest BCUT2D eigenvalue weighted by Gasteiger charge is -2.16. The highest BCUT2D eigenvalue weighted by Gasteiger charge is 2.15. The second-order valence-electron chi connectivity index (χ2n) is 4.27. The highest BCUT2D eigenvalue weighted by Crippen LogP contribution is 2.24. The Morgan fingerprint density at radius 3 is 2.65 bits per heavy atom. The number of carbonyl (C=O) groups excluding carboxylic acids is 1. The number of methoxy groups -OCH3 is 1. The van der Waals surface area contributed by atoms with Gasteiger partial charge in [-0.05, 0) is 19.9 Å². The van der Waals surface area contributed by atoms with Crippen LogP contribution in [0.1, 0.15) is 31.9 Å². The molecule has 17 heavy (non-hydrogen) atoms. The second kappa shape index (κ2) is 6.25. The topological polar surface area (TPSA) is 64.3 Å². The van der Waals surface area contributed by atoms with E-state index < -0.39 is 0 Å². The fraction of sp³-hybridized carbons (Fsp3) is 0.462. The van der Waals surface area contributed by atoms with E-state index in [0.717, 1.165) is 11.3 Å². The lowest BCUT2D eigenvalue weighted by atomic mass is 10.0. The fourth-order valence-corrected chi connectivity index (χ4v) is 1.66. The molecule has 0 fully saturated rings. The van der Waals surface area contributed by atoms with Crippen molar-refractivity contribution in [2.24, 2.45) is 5.73 Å². The molecule has 1 amide bonds. The number of para-hydroxylation sites is 1. The van der Waals surface area contributed by atoms with E-state index in [-0.39, 0.29) is 24.4 Å². The van der Waals surface area contributed by atoms with Gasteiger partial charge in [0.15, 0.2) is 0 Å². The van der Waals surface area contributed by atoms with E-state index in [1.807, 2.05) is 38.1 Å². The smallest absolute Gasteiger partial charge is 0.222 e. The maximum absolute atomic E-state index is 11.6. The van der Waals surface area contributed by atoms with Crippen molar-refractivity contribution in [3.05, 3.63) is 29.8 Å². The zero-order valence-corrected chi connectivity index (χ0v) is 10.6. The van der Waals surface area contributed by atoms with Gasteiger partial charge in [0.05, 0.1) is 7.11 Å². The fourth-order valence-electron chi connectivity index (χ4n) is 1.66. The SMILES string of the molecule is COc1ccccc1C(N)CC(=O)NC(C)C. The molecular formula is C13H20N2O2. The quantitative estimate of drug-likeness (QED) is 0.816. The van der Waals surface area contributed by atoms with E-state index in [1.54, 1.807) is 7.11 Å². The largest absolute Gasteiger partial charge is 0.496 e. The van der Waals surface area contributed by atoms with Crippen LogP contribution in [-0.4, -0.2) is 19.1 Å². The molecule has 0 aliphatic rings. The Morgan fingerprint density at radius 2 is 2.06 bits per heavy atom. The third-order valence-corrected chi connectivity index (χ3v) is 2.39. The molecule has 1 unspecified atom stereocenters. The molecule has 3 N–H and O–H groups in total. The van der Waals surface area contributed by atoms with Crippen molar-refractivity contribution in [3.8, 4) is 5.75 Å². The van der Waals surface area contributed by atoms with Crippen LogP contribution < -0.4 is 15.8 Å². The van der Waals surface area contributed by atoms with E-state index in [4.69, 9.17) is 10.5 Å². The second-order valence-corrected chi connectivity index (χ2v) is 4.27. The third-order valence-electron chi connectivity index (χ3n) is 2.39. The Morgan fingerprint density at radius 1 is 1.41 bits per heavy atom. The standard InChI is InChI=1S/C13H20N2O2/c1-9(2)15-13(16)8-11(14)10-6-4-5-7-12(10)17-3/h4-7,9,11H,8,14H2,1-3H3,(H,15,16). The number of benzene rings is 1. The van der Waals surface area contributed by atoms with Gasteiger partial charge in [-0.15, -0.1) is 0 Å². The highest BCUT2D eigenvalue weighted by molar-refractivity contribution is 5.77. The monoisotopic (exact) mass is 236 g/mol. The van der Waals surface area contributed by atoms with Gasteiger partial charge in [-0.3, -0.25) is 4.79 Å². The lowest BCUT2D eigenvalue weighted by molar-refractivity contribution is -0.121. The van der Waals surface area contributed by atoms with E-state index >= 15 is 0 Å². The predicted molar refractivity (Wildman–Crippen MR) is 67.8 cm³/mol. The Bertz CT molecular complexity index is 377. The third kappa shape index (κ3) is 4.07.